The van der Waals surface area contributed by atoms with Crippen molar-refractivity contribution < 1.29 is 5.11 Å². The van der Waals surface area contributed by atoms with Gasteiger partial charge >= 0.3 is 0 Å². The summed E-state index contributed by atoms with van der Waals surface area (Å²) in [5, 5.41) is 9.48. The molecule has 16 heavy (non-hydrogen) atoms. The maximum Gasteiger partial charge on any atom is 0.0541 e. The van der Waals surface area contributed by atoms with E-state index in [0.29, 0.717) is 6.04 Å². The molecule has 0 spiro atoms. The van der Waals surface area contributed by atoms with Crippen molar-refractivity contribution in [1.29, 1.82) is 0 Å². The molecule has 2 fully saturated rings. The summed E-state index contributed by atoms with van der Waals surface area (Å²) in [4.78, 5) is 5.08. The maximum atomic E-state index is 9.48. The molecule has 94 valence electrons. The van der Waals surface area contributed by atoms with Crippen molar-refractivity contribution in [1.82, 2.24) is 9.80 Å². The number of nitrogens with zero attached hydrogens (tertiary/aromatic N) is 2. The number of likely N-dealkylation sites (N-methyl/N-ethyl adjacent to an activating group) is 1. The number of likely N-dealkylation sites (tertiary alicyclic amines) is 1. The van der Waals surface area contributed by atoms with Crippen LogP contribution in [0.4, 0.5) is 0 Å². The van der Waals surface area contributed by atoms with Gasteiger partial charge in [-0.2, -0.15) is 0 Å². The predicted octanol–water partition coefficient (Wildman–Crippen LogP) is 1.32. The van der Waals surface area contributed by atoms with Crippen LogP contribution < -0.4 is 0 Å². The molecule has 0 aromatic heterocycles. The smallest absolute Gasteiger partial charge is 0.0541 e. The lowest BCUT2D eigenvalue weighted by Gasteiger charge is -2.33. The van der Waals surface area contributed by atoms with Gasteiger partial charge in [0.2, 0.25) is 0 Å². The summed E-state index contributed by atoms with van der Waals surface area (Å²) >= 11 is 0. The van der Waals surface area contributed by atoms with Crippen LogP contribution in [0.5, 0.6) is 0 Å². The highest BCUT2D eigenvalue weighted by Gasteiger charge is 2.23. The number of hydrogen-bond donors (Lipinski definition) is 1. The van der Waals surface area contributed by atoms with Gasteiger partial charge in [-0.05, 0) is 58.7 Å². The monoisotopic (exact) mass is 226 g/mol. The van der Waals surface area contributed by atoms with Crippen LogP contribution in [0.25, 0.3) is 0 Å². The van der Waals surface area contributed by atoms with Gasteiger partial charge in [0, 0.05) is 19.1 Å². The van der Waals surface area contributed by atoms with Crippen LogP contribution in [0.1, 0.15) is 38.5 Å². The van der Waals surface area contributed by atoms with Crippen molar-refractivity contribution in [2.24, 2.45) is 0 Å². The van der Waals surface area contributed by atoms with Crippen LogP contribution in [0, 0.1) is 0 Å². The minimum atomic E-state index is -0.0248. The summed E-state index contributed by atoms with van der Waals surface area (Å²) < 4.78 is 0. The zero-order chi connectivity index (χ0) is 11.4. The highest BCUT2D eigenvalue weighted by atomic mass is 16.3. The summed E-state index contributed by atoms with van der Waals surface area (Å²) in [6.45, 7) is 5.03. The SMILES string of the molecule is CN(CCN1CCCC1)C1CCC(O)CC1. The largest absolute Gasteiger partial charge is 0.393 e. The molecule has 3 nitrogen and oxygen atoms in total. The molecule has 0 bridgehead atoms. The fourth-order valence-electron chi connectivity index (χ4n) is 2.99. The lowest BCUT2D eigenvalue weighted by Crippen LogP contribution is -2.40. The third-order valence-electron chi connectivity index (χ3n) is 4.26. The molecule has 2 rings (SSSR count). The van der Waals surface area contributed by atoms with Crippen LogP contribution in [0.2, 0.25) is 0 Å². The second-order valence-corrected chi connectivity index (χ2v) is 5.49. The third kappa shape index (κ3) is 3.44. The molecule has 3 heteroatoms. The first kappa shape index (κ1) is 12.3. The Bertz CT molecular complexity index is 196. The molecule has 1 aliphatic carbocycles. The van der Waals surface area contributed by atoms with E-state index in [1.54, 1.807) is 0 Å². The molecule has 0 atom stereocenters. The average Bonchev–Trinajstić information content (AvgIpc) is 2.80. The van der Waals surface area contributed by atoms with Crippen LogP contribution >= 0.6 is 0 Å². The maximum absolute atomic E-state index is 9.48. The molecule has 1 N–H and O–H groups in total. The molecule has 0 aromatic rings. The van der Waals surface area contributed by atoms with Crippen molar-refractivity contribution >= 4 is 0 Å². The van der Waals surface area contributed by atoms with E-state index in [0.717, 1.165) is 12.8 Å². The lowest BCUT2D eigenvalue weighted by molar-refractivity contribution is 0.0809. The fraction of sp³-hybridized carbons (Fsp3) is 1.00. The van der Waals surface area contributed by atoms with Gasteiger partial charge in [0.1, 0.15) is 0 Å². The van der Waals surface area contributed by atoms with Crippen molar-refractivity contribution in [3.05, 3.63) is 0 Å². The molecule has 1 saturated heterocycles. The van der Waals surface area contributed by atoms with Gasteiger partial charge < -0.3 is 14.9 Å². The Kier molecular flexibility index (Phi) is 4.62. The molecular formula is C13H26N2O. The molecule has 1 aliphatic heterocycles. The third-order valence-corrected chi connectivity index (χ3v) is 4.26. The first-order valence-corrected chi connectivity index (χ1v) is 6.86. The number of rotatable bonds is 4. The number of aliphatic hydroxyl groups is 1. The van der Waals surface area contributed by atoms with Crippen LogP contribution in [-0.4, -0.2) is 60.3 Å². The predicted molar refractivity (Wildman–Crippen MR) is 66.6 cm³/mol. The quantitative estimate of drug-likeness (QED) is 0.783. The first-order chi connectivity index (χ1) is 7.75. The van der Waals surface area contributed by atoms with Gasteiger partial charge in [-0.15, -0.1) is 0 Å². The van der Waals surface area contributed by atoms with Gasteiger partial charge in [-0.25, -0.2) is 0 Å². The highest BCUT2D eigenvalue weighted by Crippen LogP contribution is 2.22. The molecule has 1 saturated carbocycles. The summed E-state index contributed by atoms with van der Waals surface area (Å²) in [6, 6.07) is 0.714. The van der Waals surface area contributed by atoms with E-state index < -0.39 is 0 Å². The van der Waals surface area contributed by atoms with Gasteiger partial charge in [0.15, 0.2) is 0 Å². The Morgan fingerprint density at radius 3 is 2.38 bits per heavy atom. The highest BCUT2D eigenvalue weighted by molar-refractivity contribution is 4.78. The molecule has 0 radical (unpaired) electrons. The molecule has 0 aromatic carbocycles. The van der Waals surface area contributed by atoms with E-state index in [4.69, 9.17) is 0 Å². The van der Waals surface area contributed by atoms with E-state index >= 15 is 0 Å². The second-order valence-electron chi connectivity index (χ2n) is 5.49. The lowest BCUT2D eigenvalue weighted by atomic mass is 9.92. The van der Waals surface area contributed by atoms with Gasteiger partial charge in [0.05, 0.1) is 6.10 Å². The van der Waals surface area contributed by atoms with Gasteiger partial charge in [-0.1, -0.05) is 0 Å². The molecular weight excluding hydrogens is 200 g/mol. The normalized spacial score (nSPS) is 32.4. The van der Waals surface area contributed by atoms with Crippen molar-refractivity contribution in [3.63, 3.8) is 0 Å². The zero-order valence-corrected chi connectivity index (χ0v) is 10.6. The molecule has 0 unspecified atom stereocenters. The Balaban J connectivity index is 1.64. The Morgan fingerprint density at radius 1 is 1.12 bits per heavy atom. The van der Waals surface area contributed by atoms with E-state index in [1.165, 1.54) is 51.9 Å². The van der Waals surface area contributed by atoms with Crippen molar-refractivity contribution in [2.75, 3.05) is 33.2 Å². The summed E-state index contributed by atoms with van der Waals surface area (Å²) in [6.07, 6.45) is 7.11. The molecule has 1 heterocycles. The van der Waals surface area contributed by atoms with Crippen LogP contribution in [0.3, 0.4) is 0 Å². The van der Waals surface area contributed by atoms with Gasteiger partial charge in [0.25, 0.3) is 0 Å². The number of aliphatic hydroxyl groups excluding tert-OH is 1. The summed E-state index contributed by atoms with van der Waals surface area (Å²) in [5.74, 6) is 0. The summed E-state index contributed by atoms with van der Waals surface area (Å²) in [5.41, 5.74) is 0. The first-order valence-electron chi connectivity index (χ1n) is 6.86. The van der Waals surface area contributed by atoms with E-state index in [9.17, 15) is 5.11 Å². The van der Waals surface area contributed by atoms with Crippen molar-refractivity contribution in [3.8, 4) is 0 Å². The standard InChI is InChI=1S/C13H26N2O/c1-14(10-11-15-8-2-3-9-15)12-4-6-13(16)7-5-12/h12-13,16H,2-11H2,1H3. The molecule has 2 aliphatic rings. The summed E-state index contributed by atoms with van der Waals surface area (Å²) in [7, 11) is 2.25. The topological polar surface area (TPSA) is 26.7 Å². The van der Waals surface area contributed by atoms with E-state index in [2.05, 4.69) is 16.8 Å². The van der Waals surface area contributed by atoms with E-state index in [1.807, 2.05) is 0 Å². The van der Waals surface area contributed by atoms with Crippen LogP contribution in [0.15, 0.2) is 0 Å². The Morgan fingerprint density at radius 2 is 1.75 bits per heavy atom. The number of hydrogen-bond acceptors (Lipinski definition) is 3. The molecule has 0 amide bonds. The Labute approximate surface area is 99.4 Å². The zero-order valence-electron chi connectivity index (χ0n) is 10.6. The second kappa shape index (κ2) is 5.99. The minimum Gasteiger partial charge on any atom is -0.393 e. The Hall–Kier alpha value is -0.120. The fourth-order valence-corrected chi connectivity index (χ4v) is 2.99. The van der Waals surface area contributed by atoms with Crippen molar-refractivity contribution in [2.45, 2.75) is 50.7 Å². The van der Waals surface area contributed by atoms with E-state index in [-0.39, 0.29) is 6.10 Å². The average molecular weight is 226 g/mol. The van der Waals surface area contributed by atoms with Crippen LogP contribution in [-0.2, 0) is 0 Å². The van der Waals surface area contributed by atoms with Gasteiger partial charge in [-0.3, -0.25) is 0 Å². The minimum absolute atomic E-state index is 0.0248.